The first-order valence-corrected chi connectivity index (χ1v) is 7.36. The molecular weight excluding hydrogens is 293 g/mol. The second-order valence-electron chi connectivity index (χ2n) is 4.78. The zero-order valence-corrected chi connectivity index (χ0v) is 12.2. The second-order valence-corrected chi connectivity index (χ2v) is 5.67. The Morgan fingerprint density at radius 2 is 2.48 bits per heavy atom. The van der Waals surface area contributed by atoms with Crippen LogP contribution < -0.4 is 15.0 Å². The number of nitrogens with one attached hydrogen (secondary N) is 1. The molecule has 1 amide bonds. The molecule has 2 heterocycles. The smallest absolute Gasteiger partial charge is 0.228 e. The number of halogens is 1. The van der Waals surface area contributed by atoms with Crippen LogP contribution >= 0.6 is 11.3 Å². The third-order valence-electron chi connectivity index (χ3n) is 3.38. The molecule has 1 aliphatic heterocycles. The van der Waals surface area contributed by atoms with Gasteiger partial charge in [-0.25, -0.2) is 9.37 Å². The molecule has 0 unspecified atom stereocenters. The normalized spacial score (nSPS) is 17.0. The molecule has 5 nitrogen and oxygen atoms in total. The van der Waals surface area contributed by atoms with Crippen LogP contribution in [0.3, 0.4) is 0 Å². The molecule has 0 bridgehead atoms. The van der Waals surface area contributed by atoms with Gasteiger partial charge < -0.3 is 15.0 Å². The monoisotopic (exact) mass is 307 g/mol. The summed E-state index contributed by atoms with van der Waals surface area (Å²) in [6.45, 7) is 0.345. The molecule has 2 aromatic rings. The van der Waals surface area contributed by atoms with Gasteiger partial charge >= 0.3 is 0 Å². The van der Waals surface area contributed by atoms with Crippen molar-refractivity contribution in [3.63, 3.8) is 0 Å². The fourth-order valence-electron chi connectivity index (χ4n) is 2.25. The van der Waals surface area contributed by atoms with E-state index in [2.05, 4.69) is 10.3 Å². The van der Waals surface area contributed by atoms with Crippen molar-refractivity contribution in [2.24, 2.45) is 0 Å². The second kappa shape index (κ2) is 5.69. The minimum Gasteiger partial charge on any atom is -0.489 e. The van der Waals surface area contributed by atoms with E-state index >= 15 is 0 Å². The highest BCUT2D eigenvalue weighted by molar-refractivity contribution is 7.13. The van der Waals surface area contributed by atoms with Crippen LogP contribution in [0.5, 0.6) is 5.75 Å². The Balaban J connectivity index is 1.67. The minimum atomic E-state index is -0.331. The van der Waals surface area contributed by atoms with Crippen LogP contribution in [0, 0.1) is 5.82 Å². The first kappa shape index (κ1) is 13.8. The van der Waals surface area contributed by atoms with Crippen LogP contribution in [0.25, 0.3) is 0 Å². The van der Waals surface area contributed by atoms with Crippen LogP contribution in [0.15, 0.2) is 29.8 Å². The fourth-order valence-corrected chi connectivity index (χ4v) is 2.80. The number of aromatic nitrogens is 1. The highest BCUT2D eigenvalue weighted by Crippen LogP contribution is 2.34. The number of anilines is 2. The lowest BCUT2D eigenvalue weighted by atomic mass is 10.1. The molecule has 1 aliphatic rings. The molecular formula is C14H14FN3O2S. The lowest BCUT2D eigenvalue weighted by Crippen LogP contribution is -2.42. The molecule has 0 radical (unpaired) electrons. The zero-order chi connectivity index (χ0) is 14.8. The van der Waals surface area contributed by atoms with Gasteiger partial charge in [0.25, 0.3) is 0 Å². The first-order valence-electron chi connectivity index (χ1n) is 6.48. The molecule has 110 valence electrons. The summed E-state index contributed by atoms with van der Waals surface area (Å²) >= 11 is 1.37. The number of ether oxygens (including phenoxy) is 1. The number of amides is 1. The Morgan fingerprint density at radius 3 is 3.24 bits per heavy atom. The minimum absolute atomic E-state index is 0.0945. The highest BCUT2D eigenvalue weighted by atomic mass is 32.1. The Hall–Kier alpha value is -2.15. The zero-order valence-electron chi connectivity index (χ0n) is 11.4. The lowest BCUT2D eigenvalue weighted by Gasteiger charge is -2.35. The summed E-state index contributed by atoms with van der Waals surface area (Å²) in [5.74, 6) is 0.0622. The van der Waals surface area contributed by atoms with Crippen molar-refractivity contribution in [1.29, 1.82) is 0 Å². The van der Waals surface area contributed by atoms with Crippen LogP contribution in [0.2, 0.25) is 0 Å². The molecule has 1 aromatic carbocycles. The molecule has 3 rings (SSSR count). The van der Waals surface area contributed by atoms with Gasteiger partial charge in [-0.3, -0.25) is 4.79 Å². The predicted octanol–water partition coefficient (Wildman–Crippen LogP) is 2.51. The van der Waals surface area contributed by atoms with E-state index in [4.69, 9.17) is 4.74 Å². The largest absolute Gasteiger partial charge is 0.489 e. The van der Waals surface area contributed by atoms with Gasteiger partial charge in [0, 0.05) is 24.7 Å². The van der Waals surface area contributed by atoms with Gasteiger partial charge in [-0.1, -0.05) is 0 Å². The van der Waals surface area contributed by atoms with Crippen molar-refractivity contribution in [1.82, 2.24) is 4.98 Å². The molecule has 0 spiro atoms. The third kappa shape index (κ3) is 2.97. The summed E-state index contributed by atoms with van der Waals surface area (Å²) in [6.07, 6.45) is 1.92. The number of likely N-dealkylation sites (N-methyl/N-ethyl adjacent to an activating group) is 1. The number of thiazole rings is 1. The van der Waals surface area contributed by atoms with Gasteiger partial charge in [-0.15, -0.1) is 11.3 Å². The molecule has 0 aliphatic carbocycles. The number of fused-ring (bicyclic) bond motifs is 1. The van der Waals surface area contributed by atoms with Gasteiger partial charge in [0.1, 0.15) is 18.2 Å². The summed E-state index contributed by atoms with van der Waals surface area (Å²) < 4.78 is 18.7. The maximum Gasteiger partial charge on any atom is 0.228 e. The van der Waals surface area contributed by atoms with Gasteiger partial charge in [0.05, 0.1) is 18.2 Å². The maximum atomic E-state index is 13.2. The fraction of sp³-hybridized carbons (Fsp3) is 0.286. The first-order chi connectivity index (χ1) is 10.1. The van der Waals surface area contributed by atoms with Crippen LogP contribution in [-0.2, 0) is 4.79 Å². The number of carbonyl (C=O) groups is 1. The molecule has 1 atom stereocenters. The number of benzene rings is 1. The summed E-state index contributed by atoms with van der Waals surface area (Å²) in [4.78, 5) is 18.0. The van der Waals surface area contributed by atoms with Crippen LogP contribution in [-0.4, -0.2) is 30.6 Å². The van der Waals surface area contributed by atoms with Gasteiger partial charge in [0.15, 0.2) is 5.13 Å². The molecule has 1 N–H and O–H groups in total. The molecule has 1 aromatic heterocycles. The quantitative estimate of drug-likeness (QED) is 0.946. The van der Waals surface area contributed by atoms with Gasteiger partial charge in [-0.2, -0.15) is 0 Å². The molecule has 0 saturated carbocycles. The number of hydrogen-bond donors (Lipinski definition) is 1. The van der Waals surface area contributed by atoms with E-state index in [-0.39, 0.29) is 24.2 Å². The molecule has 0 fully saturated rings. The Kier molecular flexibility index (Phi) is 3.74. The summed E-state index contributed by atoms with van der Waals surface area (Å²) in [6, 6.07) is 4.31. The van der Waals surface area contributed by atoms with Gasteiger partial charge in [0.2, 0.25) is 5.91 Å². The highest BCUT2D eigenvalue weighted by Gasteiger charge is 2.27. The third-order valence-corrected chi connectivity index (χ3v) is 4.07. The number of nitrogens with zero attached hydrogens (tertiary/aromatic N) is 2. The standard InChI is InChI=1S/C14H14FN3O2S/c1-18-10(7-13(19)17-14-16-4-5-21-14)8-20-12-6-9(15)2-3-11(12)18/h2-6,10H,7-8H2,1H3,(H,16,17,19)/t10-/m0/s1. The summed E-state index contributed by atoms with van der Waals surface area (Å²) in [7, 11) is 1.88. The van der Waals surface area contributed by atoms with Crippen molar-refractivity contribution in [3.05, 3.63) is 35.6 Å². The van der Waals surface area contributed by atoms with E-state index < -0.39 is 0 Å². The van der Waals surface area contributed by atoms with Crippen molar-refractivity contribution in [3.8, 4) is 5.75 Å². The summed E-state index contributed by atoms with van der Waals surface area (Å²) in [5, 5.41) is 5.14. The van der Waals surface area contributed by atoms with E-state index in [1.165, 1.54) is 23.5 Å². The molecule has 0 saturated heterocycles. The Labute approximate surface area is 125 Å². The number of rotatable bonds is 3. The van der Waals surface area contributed by atoms with Crippen LogP contribution in [0.1, 0.15) is 6.42 Å². The Morgan fingerprint density at radius 1 is 1.62 bits per heavy atom. The average molecular weight is 307 g/mol. The van der Waals surface area contributed by atoms with Crippen molar-refractivity contribution >= 4 is 28.1 Å². The molecule has 21 heavy (non-hydrogen) atoms. The Bertz CT molecular complexity index is 648. The predicted molar refractivity (Wildman–Crippen MR) is 79.4 cm³/mol. The van der Waals surface area contributed by atoms with E-state index in [1.807, 2.05) is 11.9 Å². The number of carbonyl (C=O) groups excluding carboxylic acids is 1. The van der Waals surface area contributed by atoms with E-state index in [0.29, 0.717) is 17.5 Å². The van der Waals surface area contributed by atoms with Gasteiger partial charge in [-0.05, 0) is 12.1 Å². The van der Waals surface area contributed by atoms with Crippen LogP contribution in [0.4, 0.5) is 15.2 Å². The van der Waals surface area contributed by atoms with E-state index in [1.54, 1.807) is 17.6 Å². The van der Waals surface area contributed by atoms with Crippen molar-refractivity contribution < 1.29 is 13.9 Å². The summed E-state index contributed by atoms with van der Waals surface area (Å²) in [5.41, 5.74) is 0.787. The van der Waals surface area contributed by atoms with E-state index in [9.17, 15) is 9.18 Å². The maximum absolute atomic E-state index is 13.2. The van der Waals surface area contributed by atoms with Crippen molar-refractivity contribution in [2.75, 3.05) is 23.9 Å². The number of hydrogen-bond acceptors (Lipinski definition) is 5. The average Bonchev–Trinajstić information content (AvgIpc) is 2.94. The topological polar surface area (TPSA) is 54.5 Å². The van der Waals surface area contributed by atoms with Crippen molar-refractivity contribution in [2.45, 2.75) is 12.5 Å². The molecule has 7 heteroatoms. The van der Waals surface area contributed by atoms with E-state index in [0.717, 1.165) is 5.69 Å². The SMILES string of the molecule is CN1c2ccc(F)cc2OC[C@@H]1CC(=O)Nc1nccs1. The lowest BCUT2D eigenvalue weighted by molar-refractivity contribution is -0.116.